The number of aliphatic hydroxyl groups is 1. The molecule has 2 aliphatic carbocycles. The van der Waals surface area contributed by atoms with E-state index in [1.807, 2.05) is 13.8 Å². The monoisotopic (exact) mass is 461 g/mol. The number of nitrogens with zero attached hydrogens (tertiary/aromatic N) is 3. The van der Waals surface area contributed by atoms with E-state index in [1.165, 1.54) is 19.2 Å². The molecule has 1 aromatic heterocycles. The second kappa shape index (κ2) is 8.19. The van der Waals surface area contributed by atoms with Gasteiger partial charge in [0.25, 0.3) is 0 Å². The van der Waals surface area contributed by atoms with Gasteiger partial charge in [0.05, 0.1) is 23.7 Å². The predicted octanol–water partition coefficient (Wildman–Crippen LogP) is 3.17. The van der Waals surface area contributed by atoms with Gasteiger partial charge in [-0.05, 0) is 54.4 Å². The van der Waals surface area contributed by atoms with Gasteiger partial charge in [0.1, 0.15) is 11.6 Å². The normalized spacial score (nSPS) is 23.1. The highest BCUT2D eigenvalue weighted by Gasteiger charge is 2.38. The van der Waals surface area contributed by atoms with Gasteiger partial charge in [0, 0.05) is 31.0 Å². The molecule has 1 fully saturated rings. The molecule has 1 saturated carbocycles. The summed E-state index contributed by atoms with van der Waals surface area (Å²) in [4.78, 5) is 21.4. The van der Waals surface area contributed by atoms with Crippen molar-refractivity contribution >= 4 is 21.8 Å². The van der Waals surface area contributed by atoms with E-state index in [1.54, 1.807) is 6.07 Å². The molecule has 0 radical (unpaired) electrons. The van der Waals surface area contributed by atoms with Gasteiger partial charge < -0.3 is 5.11 Å². The Morgan fingerprint density at radius 3 is 2.53 bits per heavy atom. The number of hydrogen-bond acceptors (Lipinski definition) is 6. The molecule has 0 saturated heterocycles. The van der Waals surface area contributed by atoms with Crippen molar-refractivity contribution in [1.82, 2.24) is 9.97 Å². The third-order valence-electron chi connectivity index (χ3n) is 6.54. The van der Waals surface area contributed by atoms with Crippen LogP contribution in [0.2, 0.25) is 0 Å². The Hall–Kier alpha value is -2.39. The van der Waals surface area contributed by atoms with E-state index in [4.69, 9.17) is 0 Å². The van der Waals surface area contributed by atoms with Crippen LogP contribution >= 0.6 is 0 Å². The second-order valence-electron chi connectivity index (χ2n) is 9.26. The maximum atomic E-state index is 14.3. The number of ketones is 1. The van der Waals surface area contributed by atoms with Crippen molar-refractivity contribution in [2.45, 2.75) is 57.5 Å². The molecule has 1 aromatic carbocycles. The van der Waals surface area contributed by atoms with Crippen molar-refractivity contribution in [2.75, 3.05) is 17.6 Å². The second-order valence-corrected chi connectivity index (χ2v) is 11.3. The number of carbonyl (C=O) groups excluding carboxylic acids is 1. The summed E-state index contributed by atoms with van der Waals surface area (Å²) in [7, 11) is -2.16. The van der Waals surface area contributed by atoms with Crippen molar-refractivity contribution in [2.24, 2.45) is 5.92 Å². The van der Waals surface area contributed by atoms with Gasteiger partial charge in [-0.15, -0.1) is 0 Å². The van der Waals surface area contributed by atoms with Gasteiger partial charge in [-0.25, -0.2) is 27.1 Å². The molecule has 2 aliphatic rings. The molecule has 0 bridgehead atoms. The van der Waals surface area contributed by atoms with Crippen molar-refractivity contribution in [3.8, 4) is 11.3 Å². The molecule has 7 nitrogen and oxygen atoms in total. The lowest BCUT2D eigenvalue weighted by molar-refractivity contribution is -0.125. The topological polar surface area (TPSA) is 100 Å². The lowest BCUT2D eigenvalue weighted by atomic mass is 9.68. The molecular weight excluding hydrogens is 433 g/mol. The fraction of sp³-hybridized carbons (Fsp3) is 0.522. The maximum Gasteiger partial charge on any atom is 0.239 e. The number of aromatic nitrogens is 2. The Balaban J connectivity index is 1.91. The van der Waals surface area contributed by atoms with E-state index in [9.17, 15) is 22.7 Å². The maximum absolute atomic E-state index is 14.3. The average molecular weight is 462 g/mol. The Bertz CT molecular complexity index is 1180. The minimum absolute atomic E-state index is 0.000290. The van der Waals surface area contributed by atoms with Crippen molar-refractivity contribution in [1.29, 1.82) is 0 Å². The summed E-state index contributed by atoms with van der Waals surface area (Å²) in [5.74, 6) is -0.564. The highest BCUT2D eigenvalue weighted by atomic mass is 32.2. The zero-order valence-corrected chi connectivity index (χ0v) is 19.5. The van der Waals surface area contributed by atoms with Crippen molar-refractivity contribution in [3.05, 3.63) is 40.8 Å². The lowest BCUT2D eigenvalue weighted by Gasteiger charge is -2.37. The summed E-state index contributed by atoms with van der Waals surface area (Å²) < 4.78 is 39.6. The van der Waals surface area contributed by atoms with Crippen LogP contribution in [0.4, 0.5) is 10.3 Å². The number of benzene rings is 1. The number of Topliss-reactive ketones (excluding diaryl/α,β-unsaturated/α-hetero) is 1. The van der Waals surface area contributed by atoms with E-state index in [0.717, 1.165) is 32.9 Å². The standard InChI is InChI=1S/C23H28FN3O4S/c1-12(2)21-20-11-18(13-7-15(28)10-16(29)8-13)19-9-14(24)5-6-17(19)22(20)26-23(25-21)27(3)32(4,30)31/h5-6,9,12-13,15,18,28H,7-8,10-11H2,1-4H3/t13?,15-,18-/m1/s1. The van der Waals surface area contributed by atoms with E-state index in [-0.39, 0.29) is 41.7 Å². The van der Waals surface area contributed by atoms with Crippen LogP contribution in [0.5, 0.6) is 0 Å². The van der Waals surface area contributed by atoms with Crippen LogP contribution in [0, 0.1) is 11.7 Å². The first-order chi connectivity index (χ1) is 15.0. The molecule has 0 amide bonds. The number of aliphatic hydroxyl groups excluding tert-OH is 1. The number of halogens is 1. The predicted molar refractivity (Wildman–Crippen MR) is 120 cm³/mol. The fourth-order valence-corrected chi connectivity index (χ4v) is 5.33. The van der Waals surface area contributed by atoms with E-state index < -0.39 is 16.1 Å². The molecule has 2 aromatic rings. The molecule has 9 heteroatoms. The zero-order valence-electron chi connectivity index (χ0n) is 18.7. The van der Waals surface area contributed by atoms with Crippen LogP contribution in [0.25, 0.3) is 11.3 Å². The molecule has 0 aliphatic heterocycles. The minimum Gasteiger partial charge on any atom is -0.393 e. The van der Waals surface area contributed by atoms with Gasteiger partial charge >= 0.3 is 0 Å². The summed E-state index contributed by atoms with van der Waals surface area (Å²) in [6.07, 6.45) is 1.90. The van der Waals surface area contributed by atoms with Crippen molar-refractivity contribution in [3.63, 3.8) is 0 Å². The SMILES string of the molecule is CC(C)c1nc(N(C)S(C)(=O)=O)nc2c1C[C@H](C1CC(=O)C[C@H](O)C1)c1cc(F)ccc1-2. The van der Waals surface area contributed by atoms with Gasteiger partial charge in [0.15, 0.2) is 0 Å². The number of rotatable bonds is 4. The molecule has 1 unspecified atom stereocenters. The van der Waals surface area contributed by atoms with Gasteiger partial charge in [-0.2, -0.15) is 0 Å². The average Bonchev–Trinajstić information content (AvgIpc) is 2.70. The molecular formula is C23H28FN3O4S. The van der Waals surface area contributed by atoms with Gasteiger partial charge in [-0.3, -0.25) is 4.79 Å². The summed E-state index contributed by atoms with van der Waals surface area (Å²) in [6.45, 7) is 3.96. The molecule has 32 heavy (non-hydrogen) atoms. The van der Waals surface area contributed by atoms with Crippen LogP contribution < -0.4 is 4.31 Å². The van der Waals surface area contributed by atoms with Gasteiger partial charge in [0.2, 0.25) is 16.0 Å². The van der Waals surface area contributed by atoms with Crippen LogP contribution in [0.1, 0.15) is 61.8 Å². The summed E-state index contributed by atoms with van der Waals surface area (Å²) in [5, 5.41) is 10.2. The van der Waals surface area contributed by atoms with Crippen LogP contribution in [-0.4, -0.2) is 48.7 Å². The molecule has 0 spiro atoms. The highest BCUT2D eigenvalue weighted by molar-refractivity contribution is 7.92. The Labute approximate surface area is 187 Å². The van der Waals surface area contributed by atoms with Crippen molar-refractivity contribution < 1.29 is 22.7 Å². The third-order valence-corrected chi connectivity index (χ3v) is 7.70. The quantitative estimate of drug-likeness (QED) is 0.751. The fourth-order valence-electron chi connectivity index (χ4n) is 4.95. The first-order valence-corrected chi connectivity index (χ1v) is 12.6. The Morgan fingerprint density at radius 2 is 1.91 bits per heavy atom. The van der Waals surface area contributed by atoms with Crippen LogP contribution in [-0.2, 0) is 21.2 Å². The third kappa shape index (κ3) is 4.15. The number of anilines is 1. The number of hydrogen-bond donors (Lipinski definition) is 1. The molecule has 1 heterocycles. The summed E-state index contributed by atoms with van der Waals surface area (Å²) >= 11 is 0. The number of fused-ring (bicyclic) bond motifs is 3. The summed E-state index contributed by atoms with van der Waals surface area (Å²) in [6, 6.07) is 4.51. The first-order valence-electron chi connectivity index (χ1n) is 10.8. The number of carbonyl (C=O) groups is 1. The first kappa shape index (κ1) is 22.8. The van der Waals surface area contributed by atoms with Gasteiger partial charge in [-0.1, -0.05) is 13.8 Å². The number of sulfonamides is 1. The van der Waals surface area contributed by atoms with Crippen LogP contribution in [0.3, 0.4) is 0 Å². The lowest BCUT2D eigenvalue weighted by Crippen LogP contribution is -2.33. The summed E-state index contributed by atoms with van der Waals surface area (Å²) in [5.41, 5.74) is 3.69. The zero-order chi connectivity index (χ0) is 23.4. The Morgan fingerprint density at radius 1 is 1.19 bits per heavy atom. The smallest absolute Gasteiger partial charge is 0.239 e. The largest absolute Gasteiger partial charge is 0.393 e. The molecule has 172 valence electrons. The Kier molecular flexibility index (Phi) is 5.83. The molecule has 3 atom stereocenters. The highest BCUT2D eigenvalue weighted by Crippen LogP contribution is 2.47. The van der Waals surface area contributed by atoms with E-state index in [0.29, 0.717) is 25.0 Å². The van der Waals surface area contributed by atoms with E-state index >= 15 is 0 Å². The van der Waals surface area contributed by atoms with Crippen LogP contribution in [0.15, 0.2) is 18.2 Å². The minimum atomic E-state index is -3.57. The molecule has 4 rings (SSSR count). The molecule has 1 N–H and O–H groups in total. The van der Waals surface area contributed by atoms with E-state index in [2.05, 4.69) is 9.97 Å².